The predicted molar refractivity (Wildman–Crippen MR) is 97.4 cm³/mol. The highest BCUT2D eigenvalue weighted by Gasteiger charge is 2.11. The normalized spacial score (nSPS) is 10.2. The summed E-state index contributed by atoms with van der Waals surface area (Å²) in [4.78, 5) is 31.8. The molecule has 3 rings (SSSR count). The number of nitrogens with one attached hydrogen (secondary N) is 2. The smallest absolute Gasteiger partial charge is 0.337 e. The van der Waals surface area contributed by atoms with E-state index in [0.29, 0.717) is 11.3 Å². The van der Waals surface area contributed by atoms with Crippen LogP contribution in [0, 0.1) is 11.6 Å². The lowest BCUT2D eigenvalue weighted by atomic mass is 10.2. The second-order valence-electron chi connectivity index (χ2n) is 5.58. The van der Waals surface area contributed by atoms with Gasteiger partial charge in [0.1, 0.15) is 0 Å². The molecule has 0 atom stereocenters. The zero-order chi connectivity index (χ0) is 20.1. The number of anilines is 3. The molecule has 28 heavy (non-hydrogen) atoms. The summed E-state index contributed by atoms with van der Waals surface area (Å²) < 4.78 is 30.8. The summed E-state index contributed by atoms with van der Waals surface area (Å²) in [7, 11) is 1.29. The van der Waals surface area contributed by atoms with Crippen molar-refractivity contribution in [3.63, 3.8) is 0 Å². The summed E-state index contributed by atoms with van der Waals surface area (Å²) in [5.74, 6) is -2.93. The lowest BCUT2D eigenvalue weighted by molar-refractivity contribution is 0.0600. The molecular weight excluding hydrogens is 370 g/mol. The molecule has 0 bridgehead atoms. The first-order chi connectivity index (χ1) is 13.5. The van der Waals surface area contributed by atoms with Gasteiger partial charge in [-0.3, -0.25) is 4.79 Å². The summed E-state index contributed by atoms with van der Waals surface area (Å²) in [5.41, 5.74) is 1.14. The van der Waals surface area contributed by atoms with Crippen LogP contribution < -0.4 is 10.6 Å². The number of ether oxygens (including phenoxy) is 1. The topological polar surface area (TPSA) is 93.2 Å². The Hall–Kier alpha value is -3.88. The number of benzene rings is 2. The van der Waals surface area contributed by atoms with Crippen LogP contribution in [0.25, 0.3) is 0 Å². The molecular formula is C19H14F2N4O3. The number of halogens is 2. The molecule has 1 aromatic heterocycles. The fourth-order valence-corrected chi connectivity index (χ4v) is 2.26. The van der Waals surface area contributed by atoms with Crippen molar-refractivity contribution in [2.45, 2.75) is 0 Å². The van der Waals surface area contributed by atoms with Gasteiger partial charge in [0.05, 0.1) is 18.2 Å². The fraction of sp³-hybridized carbons (Fsp3) is 0.0526. The fourth-order valence-electron chi connectivity index (χ4n) is 2.26. The minimum Gasteiger partial charge on any atom is -0.465 e. The molecule has 1 heterocycles. The Balaban J connectivity index is 1.68. The molecule has 0 radical (unpaired) electrons. The quantitative estimate of drug-likeness (QED) is 0.654. The average Bonchev–Trinajstić information content (AvgIpc) is 2.71. The van der Waals surface area contributed by atoms with Gasteiger partial charge in [0.2, 0.25) is 5.95 Å². The lowest BCUT2D eigenvalue weighted by Crippen LogP contribution is -2.13. The molecule has 0 saturated carbocycles. The number of esters is 1. The van der Waals surface area contributed by atoms with Crippen LogP contribution in [0.4, 0.5) is 26.1 Å². The SMILES string of the molecule is COC(=O)c1cccc(Nc2ncc(C(=O)Nc3ccc(F)c(F)c3)cn2)c1. The molecule has 142 valence electrons. The third kappa shape index (κ3) is 4.44. The van der Waals surface area contributed by atoms with Gasteiger partial charge >= 0.3 is 5.97 Å². The van der Waals surface area contributed by atoms with Crippen molar-refractivity contribution in [2.75, 3.05) is 17.7 Å². The number of methoxy groups -OCH3 is 1. The summed E-state index contributed by atoms with van der Waals surface area (Å²) in [6.45, 7) is 0. The lowest BCUT2D eigenvalue weighted by Gasteiger charge is -2.08. The summed E-state index contributed by atoms with van der Waals surface area (Å²) in [6, 6.07) is 9.57. The molecule has 7 nitrogen and oxygen atoms in total. The van der Waals surface area contributed by atoms with E-state index in [9.17, 15) is 18.4 Å². The first-order valence-electron chi connectivity index (χ1n) is 8.00. The van der Waals surface area contributed by atoms with Crippen LogP contribution in [-0.4, -0.2) is 29.0 Å². The van der Waals surface area contributed by atoms with Crippen molar-refractivity contribution in [3.05, 3.63) is 77.6 Å². The Bertz CT molecular complexity index is 1030. The van der Waals surface area contributed by atoms with Crippen molar-refractivity contribution in [3.8, 4) is 0 Å². The van der Waals surface area contributed by atoms with E-state index >= 15 is 0 Å². The molecule has 0 aliphatic rings. The van der Waals surface area contributed by atoms with Crippen molar-refractivity contribution in [1.29, 1.82) is 0 Å². The number of rotatable bonds is 5. The number of carbonyl (C=O) groups is 2. The zero-order valence-electron chi connectivity index (χ0n) is 14.6. The number of amides is 1. The number of nitrogens with zero attached hydrogens (tertiary/aromatic N) is 2. The number of carbonyl (C=O) groups excluding carboxylic acids is 2. The van der Waals surface area contributed by atoms with E-state index in [1.165, 1.54) is 25.6 Å². The summed E-state index contributed by atoms with van der Waals surface area (Å²) >= 11 is 0. The van der Waals surface area contributed by atoms with Crippen LogP contribution in [0.1, 0.15) is 20.7 Å². The Morgan fingerprint density at radius 1 is 0.929 bits per heavy atom. The molecule has 3 aromatic rings. The van der Waals surface area contributed by atoms with Gasteiger partial charge in [-0.05, 0) is 30.3 Å². The molecule has 0 spiro atoms. The molecule has 0 aliphatic carbocycles. The first-order valence-corrected chi connectivity index (χ1v) is 8.00. The number of hydrogen-bond acceptors (Lipinski definition) is 6. The van der Waals surface area contributed by atoms with Gasteiger partial charge in [0, 0.05) is 29.8 Å². The van der Waals surface area contributed by atoms with Crippen LogP contribution in [-0.2, 0) is 4.74 Å². The number of aromatic nitrogens is 2. The third-order valence-electron chi connectivity index (χ3n) is 3.63. The van der Waals surface area contributed by atoms with Crippen LogP contribution in [0.5, 0.6) is 0 Å². The number of hydrogen-bond donors (Lipinski definition) is 2. The summed E-state index contributed by atoms with van der Waals surface area (Å²) in [6.07, 6.45) is 2.55. The van der Waals surface area contributed by atoms with Gasteiger partial charge in [0.25, 0.3) is 5.91 Å². The van der Waals surface area contributed by atoms with Crippen LogP contribution >= 0.6 is 0 Å². The molecule has 0 saturated heterocycles. The van der Waals surface area contributed by atoms with Gasteiger partial charge in [-0.2, -0.15) is 0 Å². The van der Waals surface area contributed by atoms with Crippen molar-refractivity contribution in [1.82, 2.24) is 9.97 Å². The van der Waals surface area contributed by atoms with Crippen LogP contribution in [0.2, 0.25) is 0 Å². The molecule has 0 unspecified atom stereocenters. The third-order valence-corrected chi connectivity index (χ3v) is 3.63. The predicted octanol–water partition coefficient (Wildman–Crippen LogP) is 3.54. The Morgan fingerprint density at radius 3 is 2.36 bits per heavy atom. The van der Waals surface area contributed by atoms with Gasteiger partial charge in [-0.15, -0.1) is 0 Å². The Morgan fingerprint density at radius 2 is 1.68 bits per heavy atom. The van der Waals surface area contributed by atoms with Gasteiger partial charge in [-0.25, -0.2) is 23.5 Å². The average molecular weight is 384 g/mol. The maximum Gasteiger partial charge on any atom is 0.337 e. The molecule has 0 aliphatic heterocycles. The van der Waals surface area contributed by atoms with Crippen LogP contribution in [0.15, 0.2) is 54.9 Å². The van der Waals surface area contributed by atoms with E-state index in [-0.39, 0.29) is 17.2 Å². The monoisotopic (exact) mass is 384 g/mol. The van der Waals surface area contributed by atoms with Crippen molar-refractivity contribution in [2.24, 2.45) is 0 Å². The maximum atomic E-state index is 13.2. The Kier molecular flexibility index (Phi) is 5.54. The van der Waals surface area contributed by atoms with E-state index in [0.717, 1.165) is 12.1 Å². The van der Waals surface area contributed by atoms with E-state index in [2.05, 4.69) is 25.3 Å². The summed E-state index contributed by atoms with van der Waals surface area (Å²) in [5, 5.41) is 5.32. The molecule has 9 heteroatoms. The highest BCUT2D eigenvalue weighted by Crippen LogP contribution is 2.17. The Labute approximate surface area is 158 Å². The minimum atomic E-state index is -1.07. The maximum absolute atomic E-state index is 13.2. The van der Waals surface area contributed by atoms with Crippen molar-refractivity contribution >= 4 is 29.2 Å². The molecule has 0 fully saturated rings. The highest BCUT2D eigenvalue weighted by molar-refractivity contribution is 6.03. The van der Waals surface area contributed by atoms with Gasteiger partial charge < -0.3 is 15.4 Å². The van der Waals surface area contributed by atoms with Crippen molar-refractivity contribution < 1.29 is 23.1 Å². The highest BCUT2D eigenvalue weighted by atomic mass is 19.2. The van der Waals surface area contributed by atoms with E-state index in [1.54, 1.807) is 24.3 Å². The first kappa shape index (κ1) is 18.9. The second-order valence-corrected chi connectivity index (χ2v) is 5.58. The molecule has 1 amide bonds. The molecule has 2 aromatic carbocycles. The van der Waals surface area contributed by atoms with E-state index in [4.69, 9.17) is 0 Å². The zero-order valence-corrected chi connectivity index (χ0v) is 14.6. The van der Waals surface area contributed by atoms with E-state index in [1.807, 2.05) is 0 Å². The van der Waals surface area contributed by atoms with Gasteiger partial charge in [0.15, 0.2) is 11.6 Å². The van der Waals surface area contributed by atoms with E-state index < -0.39 is 23.5 Å². The minimum absolute atomic E-state index is 0.103. The largest absolute Gasteiger partial charge is 0.465 e. The molecule has 2 N–H and O–H groups in total. The van der Waals surface area contributed by atoms with Gasteiger partial charge in [-0.1, -0.05) is 6.07 Å². The standard InChI is InChI=1S/C19H14F2N4O3/c1-28-18(27)11-3-2-4-13(7-11)25-19-22-9-12(10-23-19)17(26)24-14-5-6-15(20)16(21)8-14/h2-10H,1H3,(H,24,26)(H,22,23,25). The van der Waals surface area contributed by atoms with Crippen LogP contribution in [0.3, 0.4) is 0 Å². The second kappa shape index (κ2) is 8.21.